The van der Waals surface area contributed by atoms with Crippen molar-refractivity contribution in [3.63, 3.8) is 0 Å². The van der Waals surface area contributed by atoms with Crippen molar-refractivity contribution < 1.29 is 4.79 Å². The van der Waals surface area contributed by atoms with Gasteiger partial charge in [0, 0.05) is 24.5 Å². The molecule has 3 aromatic carbocycles. The predicted octanol–water partition coefficient (Wildman–Crippen LogP) is 4.83. The lowest BCUT2D eigenvalue weighted by molar-refractivity contribution is 0.0951. The summed E-state index contributed by atoms with van der Waals surface area (Å²) in [5, 5.41) is 5.36. The van der Waals surface area contributed by atoms with Gasteiger partial charge >= 0.3 is 0 Å². The lowest BCUT2D eigenvalue weighted by Crippen LogP contribution is -2.22. The summed E-state index contributed by atoms with van der Waals surface area (Å²) >= 11 is 0. The molecule has 0 saturated heterocycles. The van der Waals surface area contributed by atoms with E-state index in [2.05, 4.69) is 28.5 Å². The normalized spacial score (nSPS) is 10.6. The summed E-state index contributed by atoms with van der Waals surface area (Å²) in [4.78, 5) is 16.6. The van der Waals surface area contributed by atoms with Crippen LogP contribution in [0.15, 0.2) is 91.3 Å². The summed E-state index contributed by atoms with van der Waals surface area (Å²) in [5.74, 6) is -0.0735. The minimum absolute atomic E-state index is 0.0735. The molecule has 4 rings (SSSR count). The molecule has 0 atom stereocenters. The topological polar surface area (TPSA) is 42.0 Å². The van der Waals surface area contributed by atoms with Crippen molar-refractivity contribution in [2.24, 2.45) is 0 Å². The van der Waals surface area contributed by atoms with E-state index in [0.29, 0.717) is 12.1 Å². The van der Waals surface area contributed by atoms with Gasteiger partial charge in [-0.1, -0.05) is 60.7 Å². The van der Waals surface area contributed by atoms with Crippen molar-refractivity contribution in [3.8, 4) is 11.1 Å². The number of carbonyl (C=O) groups is 1. The predicted molar refractivity (Wildman–Crippen MR) is 105 cm³/mol. The third-order valence-electron chi connectivity index (χ3n) is 4.46. The minimum atomic E-state index is -0.0735. The number of nitrogens with zero attached hydrogens (tertiary/aromatic N) is 1. The number of hydrogen-bond donors (Lipinski definition) is 1. The molecule has 1 heterocycles. The molecular formula is C23H18N2O. The second-order valence-corrected chi connectivity index (χ2v) is 6.14. The molecule has 0 bridgehead atoms. The SMILES string of the molecule is O=C(NCc1cccc2ccccc12)c1ccc(-c2cccnc2)cc1. The number of aromatic nitrogens is 1. The largest absolute Gasteiger partial charge is 0.348 e. The van der Waals surface area contributed by atoms with Gasteiger partial charge in [0.05, 0.1) is 0 Å². The van der Waals surface area contributed by atoms with Crippen molar-refractivity contribution in [1.82, 2.24) is 10.3 Å². The Kier molecular flexibility index (Phi) is 4.44. The van der Waals surface area contributed by atoms with Gasteiger partial charge in [-0.05, 0) is 45.7 Å². The Morgan fingerprint density at radius 1 is 0.808 bits per heavy atom. The van der Waals surface area contributed by atoms with E-state index in [4.69, 9.17) is 0 Å². The molecule has 126 valence electrons. The Bertz CT molecular complexity index is 1040. The fraction of sp³-hybridized carbons (Fsp3) is 0.0435. The standard InChI is InChI=1S/C23H18N2O/c26-23(19-12-10-17(11-13-19)20-8-4-14-24-15-20)25-16-21-7-3-6-18-5-1-2-9-22(18)21/h1-15H,16H2,(H,25,26). The van der Waals surface area contributed by atoms with Gasteiger partial charge in [-0.15, -0.1) is 0 Å². The van der Waals surface area contributed by atoms with Gasteiger partial charge in [0.15, 0.2) is 0 Å². The second-order valence-electron chi connectivity index (χ2n) is 6.14. The molecule has 0 aliphatic rings. The van der Waals surface area contributed by atoms with Crippen LogP contribution in [0.3, 0.4) is 0 Å². The zero-order chi connectivity index (χ0) is 17.8. The van der Waals surface area contributed by atoms with Crippen molar-refractivity contribution in [2.75, 3.05) is 0 Å². The van der Waals surface area contributed by atoms with Crippen LogP contribution in [0.5, 0.6) is 0 Å². The van der Waals surface area contributed by atoms with Gasteiger partial charge in [-0.3, -0.25) is 9.78 Å². The third kappa shape index (κ3) is 3.33. The summed E-state index contributed by atoms with van der Waals surface area (Å²) in [5.41, 5.74) is 3.85. The molecule has 26 heavy (non-hydrogen) atoms. The van der Waals surface area contributed by atoms with E-state index in [1.165, 1.54) is 10.8 Å². The highest BCUT2D eigenvalue weighted by Gasteiger charge is 2.07. The number of rotatable bonds is 4. The van der Waals surface area contributed by atoms with Crippen LogP contribution in [0.25, 0.3) is 21.9 Å². The Labute approximate surface area is 152 Å². The smallest absolute Gasteiger partial charge is 0.251 e. The Hall–Kier alpha value is -3.46. The van der Waals surface area contributed by atoms with Crippen LogP contribution in [0, 0.1) is 0 Å². The Balaban J connectivity index is 1.48. The zero-order valence-corrected chi connectivity index (χ0v) is 14.2. The average Bonchev–Trinajstić information content (AvgIpc) is 2.73. The summed E-state index contributed by atoms with van der Waals surface area (Å²) in [6.07, 6.45) is 3.56. The molecular weight excluding hydrogens is 320 g/mol. The van der Waals surface area contributed by atoms with Crippen LogP contribution in [-0.2, 0) is 6.54 Å². The van der Waals surface area contributed by atoms with Crippen molar-refractivity contribution >= 4 is 16.7 Å². The highest BCUT2D eigenvalue weighted by Crippen LogP contribution is 2.20. The molecule has 1 amide bonds. The van der Waals surface area contributed by atoms with E-state index >= 15 is 0 Å². The van der Waals surface area contributed by atoms with Crippen LogP contribution < -0.4 is 5.32 Å². The molecule has 4 aromatic rings. The summed E-state index contributed by atoms with van der Waals surface area (Å²) in [6, 6.07) is 25.9. The van der Waals surface area contributed by atoms with E-state index in [1.807, 2.05) is 66.9 Å². The number of fused-ring (bicyclic) bond motifs is 1. The van der Waals surface area contributed by atoms with Crippen LogP contribution in [0.1, 0.15) is 15.9 Å². The molecule has 0 spiro atoms. The van der Waals surface area contributed by atoms with E-state index < -0.39 is 0 Å². The van der Waals surface area contributed by atoms with Crippen molar-refractivity contribution in [2.45, 2.75) is 6.54 Å². The first-order valence-electron chi connectivity index (χ1n) is 8.56. The highest BCUT2D eigenvalue weighted by atomic mass is 16.1. The number of benzene rings is 3. The molecule has 0 radical (unpaired) electrons. The van der Waals surface area contributed by atoms with Crippen molar-refractivity contribution in [3.05, 3.63) is 102 Å². The minimum Gasteiger partial charge on any atom is -0.348 e. The van der Waals surface area contributed by atoms with Gasteiger partial charge in [0.1, 0.15) is 0 Å². The third-order valence-corrected chi connectivity index (χ3v) is 4.46. The van der Waals surface area contributed by atoms with Crippen LogP contribution in [-0.4, -0.2) is 10.9 Å². The quantitative estimate of drug-likeness (QED) is 0.579. The van der Waals surface area contributed by atoms with Crippen LogP contribution in [0.4, 0.5) is 0 Å². The maximum Gasteiger partial charge on any atom is 0.251 e. The van der Waals surface area contributed by atoms with Gasteiger partial charge in [0.25, 0.3) is 5.91 Å². The molecule has 1 aromatic heterocycles. The number of carbonyl (C=O) groups excluding carboxylic acids is 1. The number of nitrogens with one attached hydrogen (secondary N) is 1. The number of amides is 1. The summed E-state index contributed by atoms with van der Waals surface area (Å²) in [6.45, 7) is 0.505. The van der Waals surface area contributed by atoms with Gasteiger partial charge in [-0.25, -0.2) is 0 Å². The Morgan fingerprint density at radius 2 is 1.62 bits per heavy atom. The number of hydrogen-bond acceptors (Lipinski definition) is 2. The first kappa shape index (κ1) is 16.0. The molecule has 0 unspecified atom stereocenters. The molecule has 3 nitrogen and oxygen atoms in total. The lowest BCUT2D eigenvalue weighted by Gasteiger charge is -2.09. The first-order chi connectivity index (χ1) is 12.8. The fourth-order valence-electron chi connectivity index (χ4n) is 3.07. The van der Waals surface area contributed by atoms with E-state index in [9.17, 15) is 4.79 Å². The van der Waals surface area contributed by atoms with E-state index in [-0.39, 0.29) is 5.91 Å². The maximum absolute atomic E-state index is 12.5. The Morgan fingerprint density at radius 3 is 2.42 bits per heavy atom. The van der Waals surface area contributed by atoms with Crippen molar-refractivity contribution in [1.29, 1.82) is 0 Å². The van der Waals surface area contributed by atoms with Gasteiger partial charge in [0.2, 0.25) is 0 Å². The maximum atomic E-state index is 12.5. The molecule has 0 aliphatic carbocycles. The fourth-order valence-corrected chi connectivity index (χ4v) is 3.07. The molecule has 1 N–H and O–H groups in total. The molecule has 3 heteroatoms. The zero-order valence-electron chi connectivity index (χ0n) is 14.2. The lowest BCUT2D eigenvalue weighted by atomic mass is 10.0. The average molecular weight is 338 g/mol. The highest BCUT2D eigenvalue weighted by molar-refractivity contribution is 5.95. The van der Waals surface area contributed by atoms with Gasteiger partial charge < -0.3 is 5.32 Å². The monoisotopic (exact) mass is 338 g/mol. The summed E-state index contributed by atoms with van der Waals surface area (Å²) in [7, 11) is 0. The van der Waals surface area contributed by atoms with Gasteiger partial charge in [-0.2, -0.15) is 0 Å². The van der Waals surface area contributed by atoms with Crippen LogP contribution in [0.2, 0.25) is 0 Å². The molecule has 0 saturated carbocycles. The summed E-state index contributed by atoms with van der Waals surface area (Å²) < 4.78 is 0. The second kappa shape index (κ2) is 7.19. The first-order valence-corrected chi connectivity index (χ1v) is 8.56. The molecule has 0 fully saturated rings. The number of pyridine rings is 1. The van der Waals surface area contributed by atoms with E-state index in [0.717, 1.165) is 16.7 Å². The van der Waals surface area contributed by atoms with Crippen LogP contribution >= 0.6 is 0 Å². The van der Waals surface area contributed by atoms with E-state index in [1.54, 1.807) is 6.20 Å². The molecule has 0 aliphatic heterocycles.